The predicted molar refractivity (Wildman–Crippen MR) is 69.4 cm³/mol. The molecule has 14 heavy (non-hydrogen) atoms. The molecular formula is C10H25IO2Zn. The summed E-state index contributed by atoms with van der Waals surface area (Å²) < 4.78 is 9.67. The molecule has 0 saturated heterocycles. The second-order valence-electron chi connectivity index (χ2n) is 1.56. The van der Waals surface area contributed by atoms with Crippen molar-refractivity contribution in [2.45, 2.75) is 34.6 Å². The number of hydrogen-bond acceptors (Lipinski definition) is 2. The fourth-order valence-corrected chi connectivity index (χ4v) is 0.408. The second kappa shape index (κ2) is 47.5. The first-order valence-electron chi connectivity index (χ1n) is 4.96. The van der Waals surface area contributed by atoms with Gasteiger partial charge < -0.3 is 16.4 Å². The quantitative estimate of drug-likeness (QED) is 0.426. The van der Waals surface area contributed by atoms with Crippen molar-refractivity contribution in [2.75, 3.05) is 26.4 Å². The molecule has 0 saturated carbocycles. The van der Waals surface area contributed by atoms with Crippen molar-refractivity contribution in [3.05, 3.63) is 6.92 Å². The van der Waals surface area contributed by atoms with Crippen LogP contribution < -0.4 is 0 Å². The van der Waals surface area contributed by atoms with Crippen LogP contribution in [0.4, 0.5) is 0 Å². The maximum absolute atomic E-state index is 4.83. The van der Waals surface area contributed by atoms with Crippen LogP contribution in [0.3, 0.4) is 0 Å². The molecule has 0 aromatic rings. The summed E-state index contributed by atoms with van der Waals surface area (Å²) in [5.74, 6) is 0. The summed E-state index contributed by atoms with van der Waals surface area (Å²) in [4.78, 5) is 0. The Bertz CT molecular complexity index is 39.1. The summed E-state index contributed by atoms with van der Waals surface area (Å²) in [6.45, 7) is 16.3. The van der Waals surface area contributed by atoms with Crippen molar-refractivity contribution in [3.63, 3.8) is 0 Å². The summed E-state index contributed by atoms with van der Waals surface area (Å²) in [6.07, 6.45) is 0. The molecule has 0 bridgehead atoms. The van der Waals surface area contributed by atoms with Crippen LogP contribution >= 0.6 is 19.8 Å². The summed E-state index contributed by atoms with van der Waals surface area (Å²) >= 11 is 3.62. The standard InChI is InChI=1S/2C4H10O.C2H5.HI.Zn/c2*1-3-5-4-2;1-2;;/h2*3-4H2,1-2H3;1H2,2H3;1H;/q;;-1;;+2/p-1. The van der Waals surface area contributed by atoms with Crippen molar-refractivity contribution in [2.24, 2.45) is 0 Å². The third-order valence-corrected chi connectivity index (χ3v) is 0.816. The van der Waals surface area contributed by atoms with E-state index in [9.17, 15) is 0 Å². The van der Waals surface area contributed by atoms with Gasteiger partial charge in [-0.3, -0.25) is 0 Å². The van der Waals surface area contributed by atoms with Crippen molar-refractivity contribution in [1.29, 1.82) is 0 Å². The number of ether oxygens (including phenoxy) is 2. The zero-order valence-electron chi connectivity index (χ0n) is 10.4. The zero-order chi connectivity index (χ0) is 12.2. The molecule has 0 aliphatic heterocycles. The Kier molecular flexibility index (Phi) is 83.1. The van der Waals surface area contributed by atoms with E-state index >= 15 is 0 Å². The molecule has 0 radical (unpaired) electrons. The molecule has 0 N–H and O–H groups in total. The zero-order valence-corrected chi connectivity index (χ0v) is 15.6. The van der Waals surface area contributed by atoms with Gasteiger partial charge in [-0.05, 0) is 27.7 Å². The monoisotopic (exact) mass is 368 g/mol. The van der Waals surface area contributed by atoms with E-state index in [1.807, 2.05) is 27.7 Å². The summed E-state index contributed by atoms with van der Waals surface area (Å²) in [5.41, 5.74) is 0. The van der Waals surface area contributed by atoms with Gasteiger partial charge in [0.1, 0.15) is 0 Å². The van der Waals surface area contributed by atoms with E-state index in [0.29, 0.717) is 0 Å². The van der Waals surface area contributed by atoms with Gasteiger partial charge in [0.2, 0.25) is 0 Å². The molecule has 0 aromatic carbocycles. The van der Waals surface area contributed by atoms with Crippen LogP contribution in [0.25, 0.3) is 0 Å². The fourth-order valence-electron chi connectivity index (χ4n) is 0.408. The number of rotatable bonds is 4. The Balaban J connectivity index is -0.0000000528. The van der Waals surface area contributed by atoms with Gasteiger partial charge >= 0.3 is 34.5 Å². The molecule has 0 aliphatic carbocycles. The number of halogens is 1. The van der Waals surface area contributed by atoms with Gasteiger partial charge in [0.25, 0.3) is 0 Å². The normalized spacial score (nSPS) is 6.93. The minimum absolute atomic E-state index is 0.844. The molecule has 0 fully saturated rings. The van der Waals surface area contributed by atoms with Gasteiger partial charge in [0, 0.05) is 26.4 Å². The van der Waals surface area contributed by atoms with Gasteiger partial charge in [0.05, 0.1) is 0 Å². The second-order valence-corrected chi connectivity index (χ2v) is 1.56. The van der Waals surface area contributed by atoms with Crippen LogP contribution in [0.2, 0.25) is 0 Å². The fraction of sp³-hybridized carbons (Fsp3) is 0.900. The van der Waals surface area contributed by atoms with E-state index in [2.05, 4.69) is 26.7 Å². The van der Waals surface area contributed by atoms with E-state index in [0.717, 1.165) is 26.4 Å². The minimum atomic E-state index is 0.844. The van der Waals surface area contributed by atoms with Crippen LogP contribution in [0.1, 0.15) is 34.6 Å². The topological polar surface area (TPSA) is 18.5 Å². The SMILES string of the molecule is CCOCC.CCOCC.[CH2-]C.[Zn+][I]. The summed E-state index contributed by atoms with van der Waals surface area (Å²) in [6, 6.07) is 0. The molecule has 2 nitrogen and oxygen atoms in total. The van der Waals surface area contributed by atoms with Crippen molar-refractivity contribution in [1.82, 2.24) is 0 Å². The maximum atomic E-state index is 4.83. The molecule has 4 heteroatoms. The molecule has 86 valence electrons. The third-order valence-electron chi connectivity index (χ3n) is 0.816. The predicted octanol–water partition coefficient (Wildman–Crippen LogP) is 3.81. The molecule has 0 rings (SSSR count). The van der Waals surface area contributed by atoms with E-state index in [4.69, 9.17) is 9.47 Å². The van der Waals surface area contributed by atoms with Crippen LogP contribution in [0.5, 0.6) is 0 Å². The Morgan fingerprint density at radius 2 is 0.929 bits per heavy atom. The van der Waals surface area contributed by atoms with Crippen molar-refractivity contribution < 1.29 is 24.3 Å². The molecule has 0 aliphatic rings. The molecule has 0 aromatic heterocycles. The third kappa shape index (κ3) is 71.9. The Morgan fingerprint density at radius 3 is 0.929 bits per heavy atom. The number of hydrogen-bond donors (Lipinski definition) is 0. The molecule has 0 unspecified atom stereocenters. The molecule has 0 atom stereocenters. The molecular weight excluding hydrogens is 344 g/mol. The summed E-state index contributed by atoms with van der Waals surface area (Å²) in [5, 5.41) is 0. The van der Waals surface area contributed by atoms with E-state index in [1.54, 1.807) is 6.92 Å². The van der Waals surface area contributed by atoms with Crippen LogP contribution in [0.15, 0.2) is 0 Å². The first-order chi connectivity index (χ1) is 6.83. The van der Waals surface area contributed by atoms with Crippen LogP contribution in [0, 0.1) is 6.92 Å². The van der Waals surface area contributed by atoms with Crippen molar-refractivity contribution in [3.8, 4) is 0 Å². The average molecular weight is 370 g/mol. The van der Waals surface area contributed by atoms with E-state index < -0.39 is 0 Å². The van der Waals surface area contributed by atoms with Gasteiger partial charge in [-0.1, -0.05) is 0 Å². The van der Waals surface area contributed by atoms with Gasteiger partial charge in [-0.2, -0.15) is 6.92 Å². The Labute approximate surface area is 111 Å². The molecule has 0 amide bonds. The van der Waals surface area contributed by atoms with Crippen molar-refractivity contribution >= 4 is 19.8 Å². The Hall–Kier alpha value is 1.27. The first-order valence-corrected chi connectivity index (χ1v) is 14.0. The first kappa shape index (κ1) is 24.5. The van der Waals surface area contributed by atoms with E-state index in [-0.39, 0.29) is 0 Å². The van der Waals surface area contributed by atoms with Crippen LogP contribution in [-0.2, 0) is 24.3 Å². The summed E-state index contributed by atoms with van der Waals surface area (Å²) in [7, 11) is 0. The van der Waals surface area contributed by atoms with Gasteiger partial charge in [0.15, 0.2) is 0 Å². The van der Waals surface area contributed by atoms with Crippen LogP contribution in [-0.4, -0.2) is 26.4 Å². The molecule has 0 spiro atoms. The van der Waals surface area contributed by atoms with Gasteiger partial charge in [-0.25, -0.2) is 0 Å². The van der Waals surface area contributed by atoms with E-state index in [1.165, 1.54) is 14.8 Å². The van der Waals surface area contributed by atoms with Gasteiger partial charge in [-0.15, -0.1) is 0 Å². The molecule has 0 heterocycles. The Morgan fingerprint density at radius 1 is 0.786 bits per heavy atom. The average Bonchev–Trinajstić information content (AvgIpc) is 2.27.